The van der Waals surface area contributed by atoms with Gasteiger partial charge in [0.2, 0.25) is 0 Å². The topological polar surface area (TPSA) is 0 Å². The fraction of sp³-hybridized carbons (Fsp3) is 0.419. The monoisotopic (exact) mass is 408 g/mol. The minimum atomic E-state index is 0.740. The van der Waals surface area contributed by atoms with Gasteiger partial charge in [0, 0.05) is 11.1 Å². The Morgan fingerprint density at radius 1 is 0.839 bits per heavy atom. The van der Waals surface area contributed by atoms with E-state index in [4.69, 9.17) is 0 Å². The Hall–Kier alpha value is -2.52. The highest BCUT2D eigenvalue weighted by Crippen LogP contribution is 2.47. The van der Waals surface area contributed by atoms with E-state index in [0.717, 1.165) is 47.6 Å². The van der Waals surface area contributed by atoms with E-state index in [2.05, 4.69) is 86.0 Å². The summed E-state index contributed by atoms with van der Waals surface area (Å²) in [5.74, 6) is 10.1. The fourth-order valence-corrected chi connectivity index (χ4v) is 5.68. The summed E-state index contributed by atoms with van der Waals surface area (Å²) in [5.41, 5.74) is 5.06. The van der Waals surface area contributed by atoms with Gasteiger partial charge in [-0.05, 0) is 117 Å². The highest BCUT2D eigenvalue weighted by atomic mass is 14.4. The van der Waals surface area contributed by atoms with Gasteiger partial charge in [0.1, 0.15) is 0 Å². The average molecular weight is 409 g/mol. The van der Waals surface area contributed by atoms with Crippen LogP contribution in [0.5, 0.6) is 0 Å². The van der Waals surface area contributed by atoms with Gasteiger partial charge in [-0.25, -0.2) is 0 Å². The van der Waals surface area contributed by atoms with Crippen LogP contribution in [0.1, 0.15) is 80.0 Å². The molecule has 0 radical (unpaired) electrons. The number of aryl methyl sites for hydroxylation is 1. The van der Waals surface area contributed by atoms with E-state index in [1.807, 2.05) is 6.08 Å². The van der Waals surface area contributed by atoms with Gasteiger partial charge in [-0.2, -0.15) is 0 Å². The Kier molecular flexibility index (Phi) is 7.48. The maximum atomic E-state index is 3.79. The Balaban J connectivity index is 1.34. The minimum absolute atomic E-state index is 0.740. The van der Waals surface area contributed by atoms with Crippen molar-refractivity contribution in [1.29, 1.82) is 0 Å². The lowest BCUT2D eigenvalue weighted by molar-refractivity contribution is 0.133. The van der Waals surface area contributed by atoms with Crippen LogP contribution >= 0.6 is 0 Å². The van der Waals surface area contributed by atoms with Crippen LogP contribution in [0.3, 0.4) is 0 Å². The molecule has 0 aliphatic heterocycles. The molecule has 0 aromatic heterocycles. The standard InChI is InChI=1S/C31H36/c1-3-5-7-24-8-10-25(11-9-24)12-13-26-14-17-28(18-15-26)30-21-20-29-22-27(6-4-2)16-19-31(29)23-30/h3-4,6,8-11,14-15,17-18,27,29-31H,1,5,7,16,19-23H2,2H3/b6-4+. The Bertz CT molecular complexity index is 932. The van der Waals surface area contributed by atoms with Crippen LogP contribution in [0.25, 0.3) is 0 Å². The maximum Gasteiger partial charge on any atom is 0.0249 e. The van der Waals surface area contributed by atoms with Crippen molar-refractivity contribution in [3.8, 4) is 11.8 Å². The van der Waals surface area contributed by atoms with Gasteiger partial charge in [0.25, 0.3) is 0 Å². The third-order valence-corrected chi connectivity index (χ3v) is 7.44. The molecule has 0 nitrogen and oxygen atoms in total. The van der Waals surface area contributed by atoms with E-state index in [0.29, 0.717) is 0 Å². The molecular formula is C31H36. The van der Waals surface area contributed by atoms with Gasteiger partial charge in [-0.3, -0.25) is 0 Å². The molecule has 0 heterocycles. The molecular weight excluding hydrogens is 372 g/mol. The maximum absolute atomic E-state index is 3.79. The Morgan fingerprint density at radius 3 is 2.16 bits per heavy atom. The molecule has 2 aliphatic rings. The summed E-state index contributed by atoms with van der Waals surface area (Å²) in [6, 6.07) is 17.7. The predicted octanol–water partition coefficient (Wildman–Crippen LogP) is 8.08. The van der Waals surface area contributed by atoms with Gasteiger partial charge in [0.05, 0.1) is 0 Å². The lowest BCUT2D eigenvalue weighted by Gasteiger charge is -2.41. The Morgan fingerprint density at radius 2 is 1.48 bits per heavy atom. The minimum Gasteiger partial charge on any atom is -0.103 e. The second kappa shape index (κ2) is 10.7. The molecule has 2 aromatic rings. The summed E-state index contributed by atoms with van der Waals surface area (Å²) in [7, 11) is 0. The van der Waals surface area contributed by atoms with Crippen LogP contribution in [0.2, 0.25) is 0 Å². The quantitative estimate of drug-likeness (QED) is 0.346. The van der Waals surface area contributed by atoms with Crippen molar-refractivity contribution >= 4 is 0 Å². The largest absolute Gasteiger partial charge is 0.103 e. The summed E-state index contributed by atoms with van der Waals surface area (Å²) >= 11 is 0. The van der Waals surface area contributed by atoms with Gasteiger partial charge >= 0.3 is 0 Å². The third kappa shape index (κ3) is 5.80. The van der Waals surface area contributed by atoms with Crippen molar-refractivity contribution in [2.24, 2.45) is 17.8 Å². The summed E-state index contributed by atoms with van der Waals surface area (Å²) in [6.07, 6.45) is 17.1. The van der Waals surface area contributed by atoms with Crippen LogP contribution in [0, 0.1) is 29.6 Å². The van der Waals surface area contributed by atoms with Crippen LogP contribution in [0.15, 0.2) is 73.3 Å². The van der Waals surface area contributed by atoms with Crippen LogP contribution < -0.4 is 0 Å². The first-order valence-electron chi connectivity index (χ1n) is 12.2. The van der Waals surface area contributed by atoms with Crippen molar-refractivity contribution in [1.82, 2.24) is 0 Å². The first kappa shape index (κ1) is 21.7. The number of fused-ring (bicyclic) bond motifs is 1. The predicted molar refractivity (Wildman–Crippen MR) is 133 cm³/mol. The molecule has 31 heavy (non-hydrogen) atoms. The first-order chi connectivity index (χ1) is 15.2. The molecule has 0 N–H and O–H groups in total. The summed E-state index contributed by atoms with van der Waals surface area (Å²) in [6.45, 7) is 5.96. The van der Waals surface area contributed by atoms with Crippen LogP contribution in [-0.2, 0) is 6.42 Å². The van der Waals surface area contributed by atoms with Crippen LogP contribution in [0.4, 0.5) is 0 Å². The lowest BCUT2D eigenvalue weighted by atomic mass is 9.64. The molecule has 0 spiro atoms. The summed E-state index contributed by atoms with van der Waals surface area (Å²) in [4.78, 5) is 0. The van der Waals surface area contributed by atoms with Crippen molar-refractivity contribution in [3.63, 3.8) is 0 Å². The van der Waals surface area contributed by atoms with Crippen molar-refractivity contribution in [3.05, 3.63) is 95.6 Å². The number of allylic oxidation sites excluding steroid dienone is 3. The van der Waals surface area contributed by atoms with Gasteiger partial charge in [-0.1, -0.05) is 54.3 Å². The number of hydrogen-bond donors (Lipinski definition) is 0. The SMILES string of the molecule is C=CCCc1ccc(C#Cc2ccc(C3CCC4CC(/C=C/C)CCC4C3)cc2)cc1. The molecule has 2 aliphatic carbocycles. The average Bonchev–Trinajstić information content (AvgIpc) is 2.82. The zero-order chi connectivity index (χ0) is 21.5. The van der Waals surface area contributed by atoms with E-state index in [1.54, 1.807) is 0 Å². The number of rotatable bonds is 5. The summed E-state index contributed by atoms with van der Waals surface area (Å²) < 4.78 is 0. The smallest absolute Gasteiger partial charge is 0.0249 e. The molecule has 2 saturated carbocycles. The molecule has 0 bridgehead atoms. The van der Waals surface area contributed by atoms with Crippen LogP contribution in [-0.4, -0.2) is 0 Å². The molecule has 0 heteroatoms. The van der Waals surface area contributed by atoms with E-state index < -0.39 is 0 Å². The molecule has 4 unspecified atom stereocenters. The molecule has 4 atom stereocenters. The molecule has 0 saturated heterocycles. The molecule has 2 aromatic carbocycles. The second-order valence-electron chi connectivity index (χ2n) is 9.53. The first-order valence-corrected chi connectivity index (χ1v) is 12.2. The molecule has 160 valence electrons. The second-order valence-corrected chi connectivity index (χ2v) is 9.53. The normalized spacial score (nSPS) is 25.5. The molecule has 0 amide bonds. The van der Waals surface area contributed by atoms with Gasteiger partial charge in [0.15, 0.2) is 0 Å². The highest BCUT2D eigenvalue weighted by molar-refractivity contribution is 5.44. The van der Waals surface area contributed by atoms with Gasteiger partial charge in [-0.15, -0.1) is 6.58 Å². The molecule has 4 rings (SSSR count). The zero-order valence-corrected chi connectivity index (χ0v) is 19.0. The molecule has 2 fully saturated rings. The van der Waals surface area contributed by atoms with E-state index >= 15 is 0 Å². The number of hydrogen-bond acceptors (Lipinski definition) is 0. The van der Waals surface area contributed by atoms with Gasteiger partial charge < -0.3 is 0 Å². The fourth-order valence-electron chi connectivity index (χ4n) is 5.68. The third-order valence-electron chi connectivity index (χ3n) is 7.44. The lowest BCUT2D eigenvalue weighted by Crippen LogP contribution is -2.30. The van der Waals surface area contributed by atoms with Crippen molar-refractivity contribution < 1.29 is 0 Å². The van der Waals surface area contributed by atoms with Crippen molar-refractivity contribution in [2.75, 3.05) is 0 Å². The highest BCUT2D eigenvalue weighted by Gasteiger charge is 2.35. The van der Waals surface area contributed by atoms with E-state index in [9.17, 15) is 0 Å². The van der Waals surface area contributed by atoms with E-state index in [1.165, 1.54) is 49.7 Å². The summed E-state index contributed by atoms with van der Waals surface area (Å²) in [5, 5.41) is 0. The van der Waals surface area contributed by atoms with E-state index in [-0.39, 0.29) is 0 Å². The Labute approximate surface area is 189 Å². The number of benzene rings is 2. The van der Waals surface area contributed by atoms with Crippen molar-refractivity contribution in [2.45, 2.75) is 64.2 Å². The zero-order valence-electron chi connectivity index (χ0n) is 19.0.